The first-order chi connectivity index (χ1) is 8.61. The quantitative estimate of drug-likeness (QED) is 0.885. The van der Waals surface area contributed by atoms with Gasteiger partial charge in [-0.3, -0.25) is 9.59 Å². The first-order valence-electron chi connectivity index (χ1n) is 6.19. The van der Waals surface area contributed by atoms with Crippen LogP contribution in [0.5, 0.6) is 0 Å². The normalized spacial score (nSPS) is 19.2. The Labute approximate surface area is 105 Å². The van der Waals surface area contributed by atoms with Crippen LogP contribution in [0.1, 0.15) is 35.9 Å². The summed E-state index contributed by atoms with van der Waals surface area (Å²) in [6.45, 7) is 3.09. The molecule has 18 heavy (non-hydrogen) atoms. The Morgan fingerprint density at radius 1 is 1.56 bits per heavy atom. The Hall–Kier alpha value is -1.78. The summed E-state index contributed by atoms with van der Waals surface area (Å²) in [6.07, 6.45) is 3.10. The van der Waals surface area contributed by atoms with Crippen molar-refractivity contribution in [1.82, 2.24) is 4.90 Å². The van der Waals surface area contributed by atoms with Gasteiger partial charge in [0.1, 0.15) is 5.76 Å². The van der Waals surface area contributed by atoms with Gasteiger partial charge in [0.2, 0.25) is 0 Å². The van der Waals surface area contributed by atoms with Crippen LogP contribution in [0.4, 0.5) is 0 Å². The number of rotatable bonds is 4. The first-order valence-corrected chi connectivity index (χ1v) is 6.19. The van der Waals surface area contributed by atoms with E-state index < -0.39 is 5.97 Å². The molecule has 2 rings (SSSR count). The lowest BCUT2D eigenvalue weighted by Gasteiger charge is -2.15. The predicted molar refractivity (Wildman–Crippen MR) is 64.3 cm³/mol. The van der Waals surface area contributed by atoms with Crippen molar-refractivity contribution in [3.63, 3.8) is 0 Å². The van der Waals surface area contributed by atoms with Gasteiger partial charge >= 0.3 is 5.97 Å². The average Bonchev–Trinajstić information content (AvgIpc) is 2.95. The van der Waals surface area contributed by atoms with Gasteiger partial charge in [-0.2, -0.15) is 0 Å². The van der Waals surface area contributed by atoms with Crippen molar-refractivity contribution in [1.29, 1.82) is 0 Å². The number of hydrogen-bond donors (Lipinski definition) is 1. The molecular formula is C13H17NO4. The molecular weight excluding hydrogens is 234 g/mol. The van der Waals surface area contributed by atoms with Crippen LogP contribution in [0.3, 0.4) is 0 Å². The Kier molecular flexibility index (Phi) is 3.69. The van der Waals surface area contributed by atoms with E-state index in [-0.39, 0.29) is 18.2 Å². The highest BCUT2D eigenvalue weighted by Gasteiger charge is 2.29. The molecule has 0 saturated carbocycles. The van der Waals surface area contributed by atoms with E-state index in [2.05, 4.69) is 0 Å². The van der Waals surface area contributed by atoms with Crippen molar-refractivity contribution >= 4 is 11.9 Å². The maximum atomic E-state index is 12.2. The summed E-state index contributed by atoms with van der Waals surface area (Å²) in [5.74, 6) is -0.0783. The molecule has 2 heterocycles. The van der Waals surface area contributed by atoms with Crippen LogP contribution in [-0.2, 0) is 11.2 Å². The fourth-order valence-corrected chi connectivity index (χ4v) is 2.41. The monoisotopic (exact) mass is 251 g/mol. The van der Waals surface area contributed by atoms with Crippen molar-refractivity contribution in [3.05, 3.63) is 23.7 Å². The van der Waals surface area contributed by atoms with E-state index in [4.69, 9.17) is 9.52 Å². The molecule has 1 aliphatic heterocycles. The Balaban J connectivity index is 2.01. The molecule has 5 heteroatoms. The van der Waals surface area contributed by atoms with Gasteiger partial charge in [-0.1, -0.05) is 6.92 Å². The summed E-state index contributed by atoms with van der Waals surface area (Å²) in [4.78, 5) is 24.6. The lowest BCUT2D eigenvalue weighted by Crippen LogP contribution is -2.29. The molecule has 1 atom stereocenters. The van der Waals surface area contributed by atoms with E-state index in [1.54, 1.807) is 11.0 Å². The summed E-state index contributed by atoms with van der Waals surface area (Å²) in [5.41, 5.74) is 0.605. The molecule has 1 N–H and O–H groups in total. The van der Waals surface area contributed by atoms with E-state index in [0.717, 1.165) is 6.42 Å². The van der Waals surface area contributed by atoms with Crippen LogP contribution in [0, 0.1) is 5.92 Å². The Morgan fingerprint density at radius 3 is 3.00 bits per heavy atom. The number of aliphatic carboxylic acids is 1. The predicted octanol–water partition coefficient (Wildman–Crippen LogP) is 1.78. The van der Waals surface area contributed by atoms with Crippen LogP contribution in [0.25, 0.3) is 0 Å². The number of carboxylic acids is 1. The Morgan fingerprint density at radius 2 is 2.33 bits per heavy atom. The first kappa shape index (κ1) is 12.7. The van der Waals surface area contributed by atoms with E-state index in [0.29, 0.717) is 30.8 Å². The highest BCUT2D eigenvalue weighted by molar-refractivity contribution is 5.95. The number of carbonyl (C=O) groups excluding carboxylic acids is 1. The summed E-state index contributed by atoms with van der Waals surface area (Å²) in [7, 11) is 0. The molecule has 0 aromatic carbocycles. The van der Waals surface area contributed by atoms with Gasteiger partial charge in [0.25, 0.3) is 5.91 Å². The summed E-state index contributed by atoms with van der Waals surface area (Å²) in [6, 6.07) is 1.69. The molecule has 1 aliphatic rings. The fraction of sp³-hybridized carbons (Fsp3) is 0.538. The molecule has 1 unspecified atom stereocenters. The third-order valence-electron chi connectivity index (χ3n) is 3.33. The van der Waals surface area contributed by atoms with Crippen LogP contribution in [-0.4, -0.2) is 35.0 Å². The number of likely N-dealkylation sites (tertiary alicyclic amines) is 1. The van der Waals surface area contributed by atoms with E-state index in [1.165, 1.54) is 6.26 Å². The third-order valence-corrected chi connectivity index (χ3v) is 3.33. The minimum Gasteiger partial charge on any atom is -0.481 e. The van der Waals surface area contributed by atoms with Gasteiger partial charge in [0.15, 0.2) is 0 Å². The highest BCUT2D eigenvalue weighted by atomic mass is 16.4. The average molecular weight is 251 g/mol. The molecule has 0 aliphatic carbocycles. The lowest BCUT2D eigenvalue weighted by molar-refractivity contribution is -0.138. The van der Waals surface area contributed by atoms with Crippen LogP contribution < -0.4 is 0 Å². The van der Waals surface area contributed by atoms with Crippen molar-refractivity contribution in [2.45, 2.75) is 26.2 Å². The van der Waals surface area contributed by atoms with Crippen LogP contribution >= 0.6 is 0 Å². The molecule has 0 bridgehead atoms. The van der Waals surface area contributed by atoms with Crippen LogP contribution in [0.2, 0.25) is 0 Å². The molecule has 1 aromatic rings. The topological polar surface area (TPSA) is 70.8 Å². The number of furan rings is 1. The molecule has 0 spiro atoms. The van der Waals surface area contributed by atoms with Gasteiger partial charge in [0.05, 0.1) is 11.8 Å². The number of carboxylic acid groups (broad SMARTS) is 1. The summed E-state index contributed by atoms with van der Waals surface area (Å²) < 4.78 is 5.24. The molecule has 1 amide bonds. The number of hydrogen-bond acceptors (Lipinski definition) is 3. The van der Waals surface area contributed by atoms with Gasteiger partial charge in [-0.15, -0.1) is 0 Å². The van der Waals surface area contributed by atoms with E-state index in [9.17, 15) is 9.59 Å². The maximum absolute atomic E-state index is 12.2. The Bertz CT molecular complexity index is 452. The van der Waals surface area contributed by atoms with Gasteiger partial charge in [0, 0.05) is 25.9 Å². The highest BCUT2D eigenvalue weighted by Crippen LogP contribution is 2.23. The molecule has 0 radical (unpaired) electrons. The van der Waals surface area contributed by atoms with Crippen molar-refractivity contribution in [2.24, 2.45) is 5.92 Å². The molecule has 1 fully saturated rings. The second-order valence-corrected chi connectivity index (χ2v) is 4.61. The molecule has 1 saturated heterocycles. The van der Waals surface area contributed by atoms with Gasteiger partial charge < -0.3 is 14.4 Å². The van der Waals surface area contributed by atoms with Gasteiger partial charge in [-0.05, 0) is 18.4 Å². The van der Waals surface area contributed by atoms with Crippen molar-refractivity contribution in [3.8, 4) is 0 Å². The second-order valence-electron chi connectivity index (χ2n) is 4.61. The smallest absolute Gasteiger partial charge is 0.303 e. The SMILES string of the molecule is CCc1occc1C(=O)N1CCC(CC(=O)O)C1. The van der Waals surface area contributed by atoms with Crippen molar-refractivity contribution in [2.75, 3.05) is 13.1 Å². The van der Waals surface area contributed by atoms with Crippen LogP contribution in [0.15, 0.2) is 16.7 Å². The number of carbonyl (C=O) groups is 2. The molecule has 98 valence electrons. The minimum absolute atomic E-state index is 0.0477. The molecule has 1 aromatic heterocycles. The van der Waals surface area contributed by atoms with E-state index >= 15 is 0 Å². The second kappa shape index (κ2) is 5.25. The number of nitrogens with zero attached hydrogens (tertiary/aromatic N) is 1. The minimum atomic E-state index is -0.799. The zero-order chi connectivity index (χ0) is 13.1. The van der Waals surface area contributed by atoms with Gasteiger partial charge in [-0.25, -0.2) is 0 Å². The standard InChI is InChI=1S/C13H17NO4/c1-2-11-10(4-6-18-11)13(17)14-5-3-9(8-14)7-12(15)16/h4,6,9H,2-3,5,7-8H2,1H3,(H,15,16). The zero-order valence-corrected chi connectivity index (χ0v) is 10.4. The summed E-state index contributed by atoms with van der Waals surface area (Å²) >= 11 is 0. The maximum Gasteiger partial charge on any atom is 0.303 e. The molecule has 5 nitrogen and oxygen atoms in total. The third kappa shape index (κ3) is 2.55. The zero-order valence-electron chi connectivity index (χ0n) is 10.4. The lowest BCUT2D eigenvalue weighted by atomic mass is 10.1. The number of aryl methyl sites for hydroxylation is 1. The number of amides is 1. The summed E-state index contributed by atoms with van der Waals surface area (Å²) in [5, 5.41) is 8.75. The van der Waals surface area contributed by atoms with E-state index in [1.807, 2.05) is 6.92 Å². The largest absolute Gasteiger partial charge is 0.481 e. The fourth-order valence-electron chi connectivity index (χ4n) is 2.41. The van der Waals surface area contributed by atoms with Crippen molar-refractivity contribution < 1.29 is 19.1 Å².